The van der Waals surface area contributed by atoms with Gasteiger partial charge in [-0.15, -0.1) is 0 Å². The largest absolute Gasteiger partial charge is 0.297 e. The maximum absolute atomic E-state index is 13.5. The molecule has 160 valence electrons. The van der Waals surface area contributed by atoms with E-state index in [1.54, 1.807) is 36.4 Å². The molecule has 0 unspecified atom stereocenters. The van der Waals surface area contributed by atoms with Crippen molar-refractivity contribution in [3.8, 4) is 0 Å². The van der Waals surface area contributed by atoms with Gasteiger partial charge in [0, 0.05) is 32.7 Å². The summed E-state index contributed by atoms with van der Waals surface area (Å²) in [4.78, 5) is 4.73. The molecule has 4 rings (SSSR count). The van der Waals surface area contributed by atoms with Crippen LogP contribution in [-0.4, -0.2) is 42.5 Å². The number of hydrogen-bond donors (Lipinski definition) is 0. The van der Waals surface area contributed by atoms with Crippen LogP contribution >= 0.6 is 0 Å². The van der Waals surface area contributed by atoms with Crippen molar-refractivity contribution in [2.45, 2.75) is 6.04 Å². The summed E-state index contributed by atoms with van der Waals surface area (Å²) in [7, 11) is 0. The average molecular weight is 422 g/mol. The first kappa shape index (κ1) is 21.3. The minimum Gasteiger partial charge on any atom is -0.297 e. The van der Waals surface area contributed by atoms with E-state index < -0.39 is 0 Å². The molecule has 5 heteroatoms. The Morgan fingerprint density at radius 3 is 1.58 bits per heavy atom. The molecule has 2 nitrogen and oxygen atoms in total. The molecule has 3 aromatic rings. The van der Waals surface area contributed by atoms with E-state index >= 15 is 0 Å². The standard InChI is InChI=1S/C26H25F3N2/c27-23-9-3-20(4-10-23)2-1-15-30-16-18-31(19-17-30)26(21-5-11-24(28)12-6-21)22-7-13-25(29)14-8-22/h1-14,26H,15-19H2/b2-1+. The Labute approximate surface area is 181 Å². The van der Waals surface area contributed by atoms with Gasteiger partial charge in [-0.2, -0.15) is 0 Å². The normalized spacial score (nSPS) is 15.7. The lowest BCUT2D eigenvalue weighted by Crippen LogP contribution is -2.47. The number of nitrogens with zero attached hydrogens (tertiary/aromatic N) is 2. The highest BCUT2D eigenvalue weighted by atomic mass is 19.1. The van der Waals surface area contributed by atoms with Crippen LogP contribution in [0.1, 0.15) is 22.7 Å². The second kappa shape index (κ2) is 9.94. The Morgan fingerprint density at radius 1 is 0.645 bits per heavy atom. The zero-order valence-corrected chi connectivity index (χ0v) is 17.2. The Balaban J connectivity index is 1.42. The molecule has 0 radical (unpaired) electrons. The van der Waals surface area contributed by atoms with E-state index in [-0.39, 0.29) is 23.5 Å². The molecule has 0 amide bonds. The summed E-state index contributed by atoms with van der Waals surface area (Å²) >= 11 is 0. The SMILES string of the molecule is Fc1ccc(/C=C/CN2CCN(C(c3ccc(F)cc3)c3ccc(F)cc3)CC2)cc1. The summed E-state index contributed by atoms with van der Waals surface area (Å²) < 4.78 is 39.9. The first-order chi connectivity index (χ1) is 15.1. The quantitative estimate of drug-likeness (QED) is 0.516. The Kier molecular flexibility index (Phi) is 6.85. The summed E-state index contributed by atoms with van der Waals surface area (Å²) in [6, 6.07) is 19.5. The molecule has 1 heterocycles. The minimum absolute atomic E-state index is 0.0434. The van der Waals surface area contributed by atoms with E-state index in [1.165, 1.54) is 36.4 Å². The van der Waals surface area contributed by atoms with Gasteiger partial charge in [-0.05, 0) is 53.1 Å². The van der Waals surface area contributed by atoms with Crippen molar-refractivity contribution in [1.29, 1.82) is 0 Å². The number of piperazine rings is 1. The lowest BCUT2D eigenvalue weighted by atomic mass is 9.96. The predicted molar refractivity (Wildman–Crippen MR) is 118 cm³/mol. The highest BCUT2D eigenvalue weighted by Gasteiger charge is 2.26. The van der Waals surface area contributed by atoms with Gasteiger partial charge in [0.2, 0.25) is 0 Å². The highest BCUT2D eigenvalue weighted by molar-refractivity contribution is 5.49. The Hall–Kier alpha value is -2.89. The molecule has 0 aliphatic carbocycles. The van der Waals surface area contributed by atoms with Crippen molar-refractivity contribution < 1.29 is 13.2 Å². The zero-order valence-electron chi connectivity index (χ0n) is 17.2. The fourth-order valence-corrected chi connectivity index (χ4v) is 4.02. The number of benzene rings is 3. The van der Waals surface area contributed by atoms with Crippen LogP contribution in [0.3, 0.4) is 0 Å². The second-order valence-electron chi connectivity index (χ2n) is 7.80. The monoisotopic (exact) mass is 422 g/mol. The molecule has 1 saturated heterocycles. The first-order valence-corrected chi connectivity index (χ1v) is 10.5. The fourth-order valence-electron chi connectivity index (χ4n) is 4.02. The smallest absolute Gasteiger partial charge is 0.123 e. The third-order valence-electron chi connectivity index (χ3n) is 5.69. The molecule has 0 spiro atoms. The number of rotatable bonds is 6. The van der Waals surface area contributed by atoms with Gasteiger partial charge in [0.25, 0.3) is 0 Å². The summed E-state index contributed by atoms with van der Waals surface area (Å²) in [6.07, 6.45) is 4.10. The molecule has 31 heavy (non-hydrogen) atoms. The Bertz CT molecular complexity index is 945. The molecule has 0 saturated carbocycles. The van der Waals surface area contributed by atoms with E-state index in [4.69, 9.17) is 0 Å². The molecule has 0 aromatic heterocycles. The van der Waals surface area contributed by atoms with Crippen LogP contribution in [0.2, 0.25) is 0 Å². The third-order valence-corrected chi connectivity index (χ3v) is 5.69. The van der Waals surface area contributed by atoms with Crippen LogP contribution in [0.4, 0.5) is 13.2 Å². The van der Waals surface area contributed by atoms with Crippen LogP contribution in [0.5, 0.6) is 0 Å². The van der Waals surface area contributed by atoms with Crippen molar-refractivity contribution in [2.75, 3.05) is 32.7 Å². The molecule has 1 aliphatic rings. The first-order valence-electron chi connectivity index (χ1n) is 10.5. The summed E-state index contributed by atoms with van der Waals surface area (Å²) in [6.45, 7) is 4.32. The van der Waals surface area contributed by atoms with E-state index in [0.29, 0.717) is 0 Å². The fraction of sp³-hybridized carbons (Fsp3) is 0.231. The maximum atomic E-state index is 13.5. The Morgan fingerprint density at radius 2 is 1.10 bits per heavy atom. The molecular weight excluding hydrogens is 397 g/mol. The van der Waals surface area contributed by atoms with Crippen molar-refractivity contribution in [3.63, 3.8) is 0 Å². The zero-order chi connectivity index (χ0) is 21.6. The van der Waals surface area contributed by atoms with Crippen molar-refractivity contribution >= 4 is 6.08 Å². The third kappa shape index (κ3) is 5.63. The highest BCUT2D eigenvalue weighted by Crippen LogP contribution is 2.30. The topological polar surface area (TPSA) is 6.48 Å². The van der Waals surface area contributed by atoms with E-state index in [1.807, 2.05) is 6.08 Å². The maximum Gasteiger partial charge on any atom is 0.123 e. The van der Waals surface area contributed by atoms with Gasteiger partial charge in [-0.1, -0.05) is 48.6 Å². The molecule has 0 bridgehead atoms. The summed E-state index contributed by atoms with van der Waals surface area (Å²) in [5, 5.41) is 0. The predicted octanol–water partition coefficient (Wildman–Crippen LogP) is 5.52. The molecule has 1 fully saturated rings. The minimum atomic E-state index is -0.264. The summed E-state index contributed by atoms with van der Waals surface area (Å²) in [5.74, 6) is -0.760. The second-order valence-corrected chi connectivity index (χ2v) is 7.80. The van der Waals surface area contributed by atoms with Crippen molar-refractivity contribution in [3.05, 3.63) is 113 Å². The van der Waals surface area contributed by atoms with E-state index in [9.17, 15) is 13.2 Å². The van der Waals surface area contributed by atoms with Crippen LogP contribution in [0.25, 0.3) is 6.08 Å². The van der Waals surface area contributed by atoms with Gasteiger partial charge in [0.15, 0.2) is 0 Å². The van der Waals surface area contributed by atoms with Gasteiger partial charge in [-0.25, -0.2) is 13.2 Å². The van der Waals surface area contributed by atoms with Crippen LogP contribution in [-0.2, 0) is 0 Å². The average Bonchev–Trinajstić information content (AvgIpc) is 2.79. The van der Waals surface area contributed by atoms with Crippen molar-refractivity contribution in [2.24, 2.45) is 0 Å². The molecule has 0 atom stereocenters. The van der Waals surface area contributed by atoms with E-state index in [0.717, 1.165) is 49.4 Å². The van der Waals surface area contributed by atoms with Gasteiger partial charge in [-0.3, -0.25) is 9.80 Å². The van der Waals surface area contributed by atoms with Gasteiger partial charge >= 0.3 is 0 Å². The van der Waals surface area contributed by atoms with Gasteiger partial charge in [0.1, 0.15) is 17.5 Å². The van der Waals surface area contributed by atoms with Crippen LogP contribution < -0.4 is 0 Å². The lowest BCUT2D eigenvalue weighted by molar-refractivity contribution is 0.118. The molecule has 0 N–H and O–H groups in total. The van der Waals surface area contributed by atoms with Gasteiger partial charge < -0.3 is 0 Å². The van der Waals surface area contributed by atoms with Gasteiger partial charge in [0.05, 0.1) is 6.04 Å². The number of hydrogen-bond acceptors (Lipinski definition) is 2. The van der Waals surface area contributed by atoms with E-state index in [2.05, 4.69) is 15.9 Å². The molecule has 3 aromatic carbocycles. The van der Waals surface area contributed by atoms with Crippen LogP contribution in [0, 0.1) is 17.5 Å². The lowest BCUT2D eigenvalue weighted by Gasteiger charge is -2.39. The molecule has 1 aliphatic heterocycles. The van der Waals surface area contributed by atoms with Crippen LogP contribution in [0.15, 0.2) is 78.9 Å². The molecular formula is C26H25F3N2. The van der Waals surface area contributed by atoms with Crippen molar-refractivity contribution in [1.82, 2.24) is 9.80 Å². The number of halogens is 3. The summed E-state index contributed by atoms with van der Waals surface area (Å²) in [5.41, 5.74) is 2.98.